The molecule has 2 rings (SSSR count). The third-order valence-electron chi connectivity index (χ3n) is 3.25. The summed E-state index contributed by atoms with van der Waals surface area (Å²) < 4.78 is 31.9. The van der Waals surface area contributed by atoms with Gasteiger partial charge in [0.2, 0.25) is 0 Å². The molecule has 0 atom stereocenters. The Kier molecular flexibility index (Phi) is 6.07. The fourth-order valence-electron chi connectivity index (χ4n) is 2.13. The zero-order valence-electron chi connectivity index (χ0n) is 11.0. The van der Waals surface area contributed by atoms with Crippen LogP contribution in [-0.4, -0.2) is 46.0 Å². The molecule has 1 N–H and O–H groups in total. The smallest absolute Gasteiger partial charge is 0.256 e. The van der Waals surface area contributed by atoms with Gasteiger partial charge in [0.05, 0.1) is 7.11 Å². The lowest BCUT2D eigenvalue weighted by molar-refractivity contribution is 0.298. The van der Waals surface area contributed by atoms with E-state index in [1.807, 2.05) is 7.05 Å². The number of ether oxygens (including phenoxy) is 1. The van der Waals surface area contributed by atoms with E-state index in [0.29, 0.717) is 29.1 Å². The van der Waals surface area contributed by atoms with E-state index in [9.17, 15) is 8.42 Å². The van der Waals surface area contributed by atoms with Gasteiger partial charge in [-0.3, -0.25) is 0 Å². The van der Waals surface area contributed by atoms with Crippen molar-refractivity contribution in [1.82, 2.24) is 9.62 Å². The van der Waals surface area contributed by atoms with Gasteiger partial charge in [-0.15, -0.1) is 23.7 Å². The summed E-state index contributed by atoms with van der Waals surface area (Å²) in [5.41, 5.74) is 0. The lowest BCUT2D eigenvalue weighted by Crippen LogP contribution is -2.43. The summed E-state index contributed by atoms with van der Waals surface area (Å²) in [5.74, 6) is 0.440. The summed E-state index contributed by atoms with van der Waals surface area (Å²) in [6.07, 6.45) is 1.70. The Morgan fingerprint density at radius 1 is 1.42 bits per heavy atom. The van der Waals surface area contributed by atoms with Crippen molar-refractivity contribution in [2.75, 3.05) is 27.2 Å². The van der Waals surface area contributed by atoms with Crippen molar-refractivity contribution < 1.29 is 13.2 Å². The number of methoxy groups -OCH3 is 1. The van der Waals surface area contributed by atoms with Gasteiger partial charge in [-0.2, -0.15) is 4.31 Å². The first-order valence-corrected chi connectivity index (χ1v) is 8.20. The molecule has 0 unspecified atom stereocenters. The maximum atomic E-state index is 12.5. The van der Waals surface area contributed by atoms with Crippen molar-refractivity contribution in [1.29, 1.82) is 0 Å². The van der Waals surface area contributed by atoms with Crippen molar-refractivity contribution >= 4 is 33.8 Å². The Hall–Kier alpha value is -0.340. The molecule has 5 nitrogen and oxygen atoms in total. The highest BCUT2D eigenvalue weighted by atomic mass is 35.5. The minimum Gasteiger partial charge on any atom is -0.494 e. The average Bonchev–Trinajstić information content (AvgIpc) is 2.88. The standard InChI is InChI=1S/C11H18N2O3S2.ClH/c1-12-9-3-6-13(7-4-9)18(14,15)11-10(16-2)5-8-17-11;/h5,8-9,12H,3-4,6-7H2,1-2H3;1H. The van der Waals surface area contributed by atoms with Gasteiger partial charge in [-0.1, -0.05) is 0 Å². The Balaban J connectivity index is 0.00000180. The molecule has 1 aliphatic heterocycles. The van der Waals surface area contributed by atoms with Gasteiger partial charge in [0.25, 0.3) is 10.0 Å². The highest BCUT2D eigenvalue weighted by Crippen LogP contribution is 2.33. The largest absolute Gasteiger partial charge is 0.494 e. The number of nitrogens with one attached hydrogen (secondary N) is 1. The van der Waals surface area contributed by atoms with Gasteiger partial charge in [0.1, 0.15) is 5.75 Å². The monoisotopic (exact) mass is 326 g/mol. The van der Waals surface area contributed by atoms with E-state index in [2.05, 4.69) is 5.32 Å². The van der Waals surface area contributed by atoms with Gasteiger partial charge >= 0.3 is 0 Å². The van der Waals surface area contributed by atoms with Crippen LogP contribution in [0.3, 0.4) is 0 Å². The number of rotatable bonds is 4. The van der Waals surface area contributed by atoms with Crippen LogP contribution in [0, 0.1) is 0 Å². The highest BCUT2D eigenvalue weighted by Gasteiger charge is 2.31. The van der Waals surface area contributed by atoms with Crippen LogP contribution < -0.4 is 10.1 Å². The van der Waals surface area contributed by atoms with Crippen LogP contribution >= 0.6 is 23.7 Å². The molecule has 0 aromatic carbocycles. The highest BCUT2D eigenvalue weighted by molar-refractivity contribution is 7.91. The molecular weight excluding hydrogens is 308 g/mol. The lowest BCUT2D eigenvalue weighted by Gasteiger charge is -2.30. The number of halogens is 1. The first-order valence-electron chi connectivity index (χ1n) is 5.88. The number of piperidine rings is 1. The summed E-state index contributed by atoms with van der Waals surface area (Å²) in [6, 6.07) is 2.11. The van der Waals surface area contributed by atoms with Crippen LogP contribution in [0.2, 0.25) is 0 Å². The van der Waals surface area contributed by atoms with Crippen LogP contribution in [0.5, 0.6) is 5.75 Å². The SMILES string of the molecule is CNC1CCN(S(=O)(=O)c2sccc2OC)CC1.Cl. The number of thiophene rings is 1. The molecule has 0 amide bonds. The van der Waals surface area contributed by atoms with E-state index in [1.165, 1.54) is 18.4 Å². The molecule has 0 bridgehead atoms. The Bertz CT molecular complexity index is 496. The molecule has 1 aliphatic rings. The minimum atomic E-state index is -3.39. The molecule has 0 saturated carbocycles. The van der Waals surface area contributed by atoms with Gasteiger partial charge in [-0.25, -0.2) is 8.42 Å². The van der Waals surface area contributed by atoms with Crippen molar-refractivity contribution in [3.05, 3.63) is 11.4 Å². The quantitative estimate of drug-likeness (QED) is 0.912. The van der Waals surface area contributed by atoms with E-state index in [1.54, 1.807) is 15.8 Å². The molecule has 2 heterocycles. The zero-order valence-corrected chi connectivity index (χ0v) is 13.4. The molecule has 1 saturated heterocycles. The van der Waals surface area contributed by atoms with Crippen LogP contribution in [0.1, 0.15) is 12.8 Å². The van der Waals surface area contributed by atoms with E-state index in [0.717, 1.165) is 12.8 Å². The summed E-state index contributed by atoms with van der Waals surface area (Å²) in [6.45, 7) is 1.13. The third-order valence-corrected chi connectivity index (χ3v) is 6.57. The first-order chi connectivity index (χ1) is 8.59. The Labute approximate surface area is 124 Å². The van der Waals surface area contributed by atoms with Crippen LogP contribution in [0.4, 0.5) is 0 Å². The predicted octanol–water partition coefficient (Wildman–Crippen LogP) is 1.55. The second kappa shape index (κ2) is 6.90. The summed E-state index contributed by atoms with van der Waals surface area (Å²) >= 11 is 1.21. The van der Waals surface area contributed by atoms with Gasteiger partial charge < -0.3 is 10.1 Å². The average molecular weight is 327 g/mol. The van der Waals surface area contributed by atoms with E-state index in [-0.39, 0.29) is 12.4 Å². The Morgan fingerprint density at radius 3 is 2.58 bits per heavy atom. The van der Waals surface area contributed by atoms with Crippen LogP contribution in [0.25, 0.3) is 0 Å². The number of nitrogens with zero attached hydrogens (tertiary/aromatic N) is 1. The maximum Gasteiger partial charge on any atom is 0.256 e. The van der Waals surface area contributed by atoms with Gasteiger partial charge in [0.15, 0.2) is 4.21 Å². The number of hydrogen-bond donors (Lipinski definition) is 1. The fourth-order valence-corrected chi connectivity index (χ4v) is 5.01. The van der Waals surface area contributed by atoms with Crippen LogP contribution in [-0.2, 0) is 10.0 Å². The predicted molar refractivity (Wildman–Crippen MR) is 79.0 cm³/mol. The Morgan fingerprint density at radius 2 is 2.05 bits per heavy atom. The third kappa shape index (κ3) is 3.41. The van der Waals surface area contributed by atoms with E-state index < -0.39 is 10.0 Å². The normalized spacial score (nSPS) is 18.0. The van der Waals surface area contributed by atoms with Crippen molar-refractivity contribution in [2.24, 2.45) is 0 Å². The molecule has 8 heteroatoms. The second-order valence-corrected chi connectivity index (χ2v) is 7.29. The van der Waals surface area contributed by atoms with Gasteiger partial charge in [-0.05, 0) is 31.3 Å². The molecule has 0 radical (unpaired) electrons. The van der Waals surface area contributed by atoms with Crippen molar-refractivity contribution in [3.8, 4) is 5.75 Å². The summed E-state index contributed by atoms with van der Waals surface area (Å²) in [5, 5.41) is 4.93. The number of hydrogen-bond acceptors (Lipinski definition) is 5. The second-order valence-electron chi connectivity index (χ2n) is 4.24. The molecule has 19 heavy (non-hydrogen) atoms. The minimum absolute atomic E-state index is 0. The molecule has 1 fully saturated rings. The van der Waals surface area contributed by atoms with E-state index in [4.69, 9.17) is 4.74 Å². The fraction of sp³-hybridized carbons (Fsp3) is 0.636. The van der Waals surface area contributed by atoms with Crippen LogP contribution in [0.15, 0.2) is 15.7 Å². The lowest BCUT2D eigenvalue weighted by atomic mass is 10.1. The molecule has 1 aromatic rings. The first kappa shape index (κ1) is 16.7. The van der Waals surface area contributed by atoms with Crippen molar-refractivity contribution in [3.63, 3.8) is 0 Å². The molecule has 110 valence electrons. The summed E-state index contributed by atoms with van der Waals surface area (Å²) in [7, 11) is 0.0141. The molecular formula is C11H19ClN2O3S2. The topological polar surface area (TPSA) is 58.6 Å². The van der Waals surface area contributed by atoms with Gasteiger partial charge in [0, 0.05) is 19.1 Å². The number of sulfonamides is 1. The molecule has 0 aliphatic carbocycles. The molecule has 0 spiro atoms. The molecule has 1 aromatic heterocycles. The maximum absolute atomic E-state index is 12.5. The van der Waals surface area contributed by atoms with Crippen molar-refractivity contribution in [2.45, 2.75) is 23.1 Å². The zero-order chi connectivity index (χ0) is 13.2. The summed E-state index contributed by atoms with van der Waals surface area (Å²) in [4.78, 5) is 0. The van der Waals surface area contributed by atoms with E-state index >= 15 is 0 Å².